The molecule has 6 heteroatoms. The molecule has 1 unspecified atom stereocenters. The Labute approximate surface area is 139 Å². The summed E-state index contributed by atoms with van der Waals surface area (Å²) >= 11 is 7.05. The molecule has 0 amide bonds. The molecule has 22 heavy (non-hydrogen) atoms. The van der Waals surface area contributed by atoms with Crippen molar-refractivity contribution in [3.8, 4) is 0 Å². The SMILES string of the molecule is CSCC(C(=O)c1ccccc1)C(=S)N1CCC[C@H]1C(=O)O. The van der Waals surface area contributed by atoms with Gasteiger partial charge in [0.1, 0.15) is 6.04 Å². The number of thiocarbonyl (C=S) groups is 1. The molecule has 1 N–H and O–H groups in total. The third-order valence-corrected chi connectivity index (χ3v) is 5.01. The van der Waals surface area contributed by atoms with Crippen molar-refractivity contribution < 1.29 is 14.7 Å². The number of hydrogen-bond donors (Lipinski definition) is 1. The highest BCUT2D eigenvalue weighted by Crippen LogP contribution is 2.24. The van der Waals surface area contributed by atoms with E-state index in [2.05, 4.69) is 0 Å². The number of likely N-dealkylation sites (tertiary alicyclic amines) is 1. The first-order valence-corrected chi connectivity index (χ1v) is 8.98. The lowest BCUT2D eigenvalue weighted by molar-refractivity contribution is -0.140. The van der Waals surface area contributed by atoms with Gasteiger partial charge in [0.2, 0.25) is 0 Å². The molecule has 1 saturated heterocycles. The lowest BCUT2D eigenvalue weighted by atomic mass is 9.98. The number of carboxylic acid groups (broad SMARTS) is 1. The Balaban J connectivity index is 2.22. The second-order valence-electron chi connectivity index (χ2n) is 5.27. The maximum atomic E-state index is 12.7. The maximum absolute atomic E-state index is 12.7. The van der Waals surface area contributed by atoms with Crippen LogP contribution in [0.3, 0.4) is 0 Å². The van der Waals surface area contributed by atoms with Gasteiger partial charge in [0, 0.05) is 17.9 Å². The third kappa shape index (κ3) is 3.67. The van der Waals surface area contributed by atoms with Crippen molar-refractivity contribution in [2.24, 2.45) is 5.92 Å². The number of benzene rings is 1. The van der Waals surface area contributed by atoms with Gasteiger partial charge in [-0.3, -0.25) is 4.79 Å². The summed E-state index contributed by atoms with van der Waals surface area (Å²) in [5, 5.41) is 9.31. The molecule has 2 rings (SSSR count). The monoisotopic (exact) mass is 337 g/mol. The molecule has 0 radical (unpaired) electrons. The van der Waals surface area contributed by atoms with E-state index in [1.54, 1.807) is 28.8 Å². The fourth-order valence-corrected chi connectivity index (χ4v) is 3.87. The smallest absolute Gasteiger partial charge is 0.326 e. The van der Waals surface area contributed by atoms with Crippen LogP contribution in [0.15, 0.2) is 30.3 Å². The van der Waals surface area contributed by atoms with Crippen molar-refractivity contribution in [2.45, 2.75) is 18.9 Å². The molecule has 1 fully saturated rings. The Morgan fingerprint density at radius 3 is 2.68 bits per heavy atom. The highest BCUT2D eigenvalue weighted by molar-refractivity contribution is 7.98. The molecule has 0 saturated carbocycles. The van der Waals surface area contributed by atoms with E-state index in [1.807, 2.05) is 24.5 Å². The molecule has 4 nitrogen and oxygen atoms in total. The average molecular weight is 337 g/mol. The molecule has 0 bridgehead atoms. The van der Waals surface area contributed by atoms with Gasteiger partial charge in [0.25, 0.3) is 0 Å². The predicted octanol–water partition coefficient (Wildman–Crippen LogP) is 2.72. The molecule has 1 aliphatic rings. The molecule has 118 valence electrons. The number of rotatable bonds is 6. The fraction of sp³-hybridized carbons (Fsp3) is 0.438. The van der Waals surface area contributed by atoms with Crippen LogP contribution in [-0.4, -0.2) is 51.3 Å². The number of carbonyl (C=O) groups is 2. The van der Waals surface area contributed by atoms with Gasteiger partial charge >= 0.3 is 5.97 Å². The number of nitrogens with zero attached hydrogens (tertiary/aromatic N) is 1. The lowest BCUT2D eigenvalue weighted by Gasteiger charge is -2.28. The second kappa shape index (κ2) is 7.74. The standard InChI is InChI=1S/C16H19NO3S2/c1-22-10-12(14(18)11-6-3-2-4-7-11)15(21)17-9-5-8-13(17)16(19)20/h2-4,6-7,12-13H,5,8-10H2,1H3,(H,19,20)/t12?,13-/m0/s1. The van der Waals surface area contributed by atoms with Crippen molar-refractivity contribution >= 4 is 40.7 Å². The van der Waals surface area contributed by atoms with E-state index in [-0.39, 0.29) is 5.78 Å². The summed E-state index contributed by atoms with van der Waals surface area (Å²) < 4.78 is 0. The first kappa shape index (κ1) is 17.0. The first-order valence-electron chi connectivity index (χ1n) is 7.17. The van der Waals surface area contributed by atoms with Gasteiger partial charge in [-0.2, -0.15) is 11.8 Å². The first-order chi connectivity index (χ1) is 10.6. The number of Topliss-reactive ketones (excluding diaryl/α,β-unsaturated/α-hetero) is 1. The number of thioether (sulfide) groups is 1. The quantitative estimate of drug-likeness (QED) is 0.636. The average Bonchev–Trinajstić information content (AvgIpc) is 3.02. The minimum absolute atomic E-state index is 0.0315. The highest BCUT2D eigenvalue weighted by atomic mass is 32.2. The maximum Gasteiger partial charge on any atom is 0.326 e. The number of carboxylic acids is 1. The van der Waals surface area contributed by atoms with E-state index in [0.29, 0.717) is 29.3 Å². The zero-order chi connectivity index (χ0) is 16.1. The normalized spacial score (nSPS) is 19.0. The van der Waals surface area contributed by atoms with Gasteiger partial charge in [0.15, 0.2) is 5.78 Å². The van der Waals surface area contributed by atoms with E-state index in [9.17, 15) is 14.7 Å². The van der Waals surface area contributed by atoms with Crippen molar-refractivity contribution in [3.05, 3.63) is 35.9 Å². The van der Waals surface area contributed by atoms with Crippen LogP contribution in [-0.2, 0) is 4.79 Å². The summed E-state index contributed by atoms with van der Waals surface area (Å²) in [6, 6.07) is 8.46. The van der Waals surface area contributed by atoms with Crippen LogP contribution in [0.5, 0.6) is 0 Å². The minimum Gasteiger partial charge on any atom is -0.480 e. The summed E-state index contributed by atoms with van der Waals surface area (Å²) in [5.41, 5.74) is 0.620. The highest BCUT2D eigenvalue weighted by Gasteiger charge is 2.36. The molecule has 0 spiro atoms. The molecule has 1 aromatic carbocycles. The van der Waals surface area contributed by atoms with Crippen molar-refractivity contribution in [3.63, 3.8) is 0 Å². The van der Waals surface area contributed by atoms with Crippen LogP contribution in [0.25, 0.3) is 0 Å². The Hall–Kier alpha value is -1.40. The van der Waals surface area contributed by atoms with Crippen LogP contribution < -0.4 is 0 Å². The van der Waals surface area contributed by atoms with Gasteiger partial charge in [-0.05, 0) is 19.1 Å². The Morgan fingerprint density at radius 2 is 2.09 bits per heavy atom. The van der Waals surface area contributed by atoms with E-state index < -0.39 is 17.9 Å². The lowest BCUT2D eigenvalue weighted by Crippen LogP contribution is -2.45. The molecule has 0 aliphatic carbocycles. The van der Waals surface area contributed by atoms with Crippen molar-refractivity contribution in [1.82, 2.24) is 4.90 Å². The van der Waals surface area contributed by atoms with E-state index in [0.717, 1.165) is 6.42 Å². The zero-order valence-electron chi connectivity index (χ0n) is 12.4. The van der Waals surface area contributed by atoms with Gasteiger partial charge in [-0.15, -0.1) is 0 Å². The topological polar surface area (TPSA) is 57.6 Å². The van der Waals surface area contributed by atoms with Crippen LogP contribution >= 0.6 is 24.0 Å². The molecule has 1 aliphatic heterocycles. The van der Waals surface area contributed by atoms with Crippen molar-refractivity contribution in [2.75, 3.05) is 18.6 Å². The number of hydrogen-bond acceptors (Lipinski definition) is 4. The Kier molecular flexibility index (Phi) is 5.97. The fourth-order valence-electron chi connectivity index (χ4n) is 2.72. The van der Waals surface area contributed by atoms with Crippen LogP contribution in [0.1, 0.15) is 23.2 Å². The number of aliphatic carboxylic acids is 1. The summed E-state index contributed by atoms with van der Waals surface area (Å²) in [6.07, 6.45) is 3.30. The summed E-state index contributed by atoms with van der Waals surface area (Å²) in [4.78, 5) is 26.3. The van der Waals surface area contributed by atoms with Crippen LogP contribution in [0, 0.1) is 5.92 Å². The van der Waals surface area contributed by atoms with E-state index in [4.69, 9.17) is 12.2 Å². The summed E-state index contributed by atoms with van der Waals surface area (Å²) in [5.74, 6) is -0.784. The van der Waals surface area contributed by atoms with Gasteiger partial charge < -0.3 is 10.0 Å². The zero-order valence-corrected chi connectivity index (χ0v) is 14.0. The summed E-state index contributed by atoms with van der Waals surface area (Å²) in [6.45, 7) is 0.614. The molecule has 2 atom stereocenters. The third-order valence-electron chi connectivity index (χ3n) is 3.83. The summed E-state index contributed by atoms with van der Waals surface area (Å²) in [7, 11) is 0. The number of carbonyl (C=O) groups excluding carboxylic acids is 1. The number of ketones is 1. The molecule has 1 heterocycles. The minimum atomic E-state index is -0.866. The molecule has 0 aromatic heterocycles. The van der Waals surface area contributed by atoms with Gasteiger partial charge in [-0.1, -0.05) is 42.5 Å². The largest absolute Gasteiger partial charge is 0.480 e. The Morgan fingerprint density at radius 1 is 1.41 bits per heavy atom. The second-order valence-corrected chi connectivity index (χ2v) is 6.60. The molecular formula is C16H19NO3S2. The molecular weight excluding hydrogens is 318 g/mol. The van der Waals surface area contributed by atoms with Gasteiger partial charge in [0.05, 0.1) is 10.9 Å². The van der Waals surface area contributed by atoms with Crippen LogP contribution in [0.4, 0.5) is 0 Å². The van der Waals surface area contributed by atoms with Gasteiger partial charge in [-0.25, -0.2) is 4.79 Å². The van der Waals surface area contributed by atoms with E-state index >= 15 is 0 Å². The van der Waals surface area contributed by atoms with Crippen molar-refractivity contribution in [1.29, 1.82) is 0 Å². The Bertz CT molecular complexity index is 562. The predicted molar refractivity (Wildman–Crippen MR) is 92.6 cm³/mol. The van der Waals surface area contributed by atoms with Crippen LogP contribution in [0.2, 0.25) is 0 Å². The van der Waals surface area contributed by atoms with E-state index in [1.165, 1.54) is 0 Å². The molecule has 1 aromatic rings.